The minimum Gasteiger partial charge on any atom is -0.316 e. The fraction of sp³-hybridized carbons (Fsp3) is 0.0952. The molecule has 0 fully saturated rings. The maximum atomic E-state index is 11.6. The minimum atomic E-state index is -0.182. The van der Waals surface area contributed by atoms with Crippen LogP contribution in [-0.4, -0.2) is 10.9 Å². The van der Waals surface area contributed by atoms with Gasteiger partial charge in [-0.3, -0.25) is 4.79 Å². The molecule has 134 valence electrons. The minimum absolute atomic E-state index is 0.182. The molecule has 0 radical (unpaired) electrons. The van der Waals surface area contributed by atoms with Crippen molar-refractivity contribution in [3.63, 3.8) is 0 Å². The van der Waals surface area contributed by atoms with Crippen molar-refractivity contribution in [2.45, 2.75) is 13.8 Å². The van der Waals surface area contributed by atoms with Crippen molar-refractivity contribution in [2.24, 2.45) is 0 Å². The summed E-state index contributed by atoms with van der Waals surface area (Å²) in [5.41, 5.74) is 3.95. The number of amides is 1. The van der Waals surface area contributed by atoms with E-state index in [1.807, 2.05) is 43.3 Å². The molecule has 3 rings (SSSR count). The average Bonchev–Trinajstić information content (AvgIpc) is 3.04. The number of nitrogens with one attached hydrogen (secondary N) is 1. The maximum absolute atomic E-state index is 11.6. The highest BCUT2D eigenvalue weighted by molar-refractivity contribution is 7.17. The Hall–Kier alpha value is -2.94. The summed E-state index contributed by atoms with van der Waals surface area (Å²) in [4.78, 5) is 16.2. The first kappa shape index (κ1) is 18.8. The lowest BCUT2D eigenvalue weighted by Gasteiger charge is -2.03. The summed E-state index contributed by atoms with van der Waals surface area (Å²) in [6, 6.07) is 17.3. The zero-order chi connectivity index (χ0) is 19.4. The lowest BCUT2D eigenvalue weighted by molar-refractivity contribution is -0.114. The van der Waals surface area contributed by atoms with E-state index in [1.54, 1.807) is 18.2 Å². The van der Waals surface area contributed by atoms with Crippen molar-refractivity contribution in [3.8, 4) is 17.3 Å². The van der Waals surface area contributed by atoms with Gasteiger partial charge in [0.05, 0.1) is 5.57 Å². The molecule has 1 aromatic heterocycles. The van der Waals surface area contributed by atoms with Gasteiger partial charge in [0.15, 0.2) is 0 Å². The molecular weight excluding hydrogens is 378 g/mol. The number of halogens is 1. The summed E-state index contributed by atoms with van der Waals surface area (Å²) >= 11 is 7.20. The zero-order valence-corrected chi connectivity index (χ0v) is 16.4. The second-order valence-electron chi connectivity index (χ2n) is 5.97. The first-order valence-electron chi connectivity index (χ1n) is 8.19. The molecule has 0 atom stereocenters. The van der Waals surface area contributed by atoms with Gasteiger partial charge in [-0.1, -0.05) is 64.9 Å². The quantitative estimate of drug-likeness (QED) is 0.570. The summed E-state index contributed by atoms with van der Waals surface area (Å²) in [7, 11) is 0. The number of hydrogen-bond donors (Lipinski definition) is 1. The summed E-state index contributed by atoms with van der Waals surface area (Å²) in [6.45, 7) is 3.46. The van der Waals surface area contributed by atoms with Gasteiger partial charge >= 0.3 is 0 Å². The van der Waals surface area contributed by atoms with E-state index in [2.05, 4.69) is 16.4 Å². The second kappa shape index (κ2) is 8.17. The molecule has 0 aliphatic carbocycles. The van der Waals surface area contributed by atoms with Crippen LogP contribution in [0.15, 0.2) is 48.5 Å². The Morgan fingerprint density at radius 3 is 2.44 bits per heavy atom. The van der Waals surface area contributed by atoms with E-state index >= 15 is 0 Å². The van der Waals surface area contributed by atoms with E-state index in [9.17, 15) is 10.1 Å². The number of rotatable bonds is 4. The van der Waals surface area contributed by atoms with Crippen molar-refractivity contribution < 1.29 is 4.79 Å². The number of aromatic nitrogens is 1. The normalized spacial score (nSPS) is 11.1. The lowest BCUT2D eigenvalue weighted by Crippen LogP contribution is -2.05. The largest absolute Gasteiger partial charge is 0.316 e. The van der Waals surface area contributed by atoms with Crippen LogP contribution in [0.2, 0.25) is 5.02 Å². The van der Waals surface area contributed by atoms with Gasteiger partial charge in [-0.15, -0.1) is 0 Å². The topological polar surface area (TPSA) is 65.8 Å². The Kier molecular flexibility index (Phi) is 5.70. The Morgan fingerprint density at radius 2 is 1.85 bits per heavy atom. The first-order valence-corrected chi connectivity index (χ1v) is 9.39. The van der Waals surface area contributed by atoms with Crippen molar-refractivity contribution >= 4 is 45.5 Å². The summed E-state index contributed by atoms with van der Waals surface area (Å²) < 4.78 is 0. The van der Waals surface area contributed by atoms with Crippen LogP contribution in [-0.2, 0) is 4.79 Å². The highest BCUT2D eigenvalue weighted by Crippen LogP contribution is 2.36. The van der Waals surface area contributed by atoms with Gasteiger partial charge in [0.25, 0.3) is 0 Å². The van der Waals surface area contributed by atoms with Crippen LogP contribution >= 0.6 is 22.9 Å². The summed E-state index contributed by atoms with van der Waals surface area (Å²) in [5.74, 6) is -0.182. The van der Waals surface area contributed by atoms with Crippen LogP contribution in [0.4, 0.5) is 5.00 Å². The molecule has 0 unspecified atom stereocenters. The van der Waals surface area contributed by atoms with Crippen molar-refractivity contribution in [2.75, 3.05) is 5.32 Å². The molecule has 0 saturated heterocycles. The van der Waals surface area contributed by atoms with Crippen LogP contribution in [0, 0.1) is 18.3 Å². The van der Waals surface area contributed by atoms with Crippen LogP contribution < -0.4 is 5.32 Å². The van der Waals surface area contributed by atoms with E-state index < -0.39 is 0 Å². The maximum Gasteiger partial charge on any atom is 0.221 e. The molecule has 27 heavy (non-hydrogen) atoms. The molecule has 0 spiro atoms. The van der Waals surface area contributed by atoms with Crippen LogP contribution in [0.3, 0.4) is 0 Å². The lowest BCUT2D eigenvalue weighted by atomic mass is 10.1. The van der Waals surface area contributed by atoms with E-state index in [-0.39, 0.29) is 5.91 Å². The Morgan fingerprint density at radius 1 is 1.19 bits per heavy atom. The predicted molar refractivity (Wildman–Crippen MR) is 112 cm³/mol. The molecule has 0 bridgehead atoms. The number of aryl methyl sites for hydroxylation is 1. The van der Waals surface area contributed by atoms with Crippen molar-refractivity contribution in [1.29, 1.82) is 5.26 Å². The molecule has 3 aromatic rings. The Balaban J connectivity index is 2.06. The molecule has 1 N–H and O–H groups in total. The predicted octanol–water partition coefficient (Wildman–Crippen LogP) is 5.79. The number of carbonyl (C=O) groups excluding carboxylic acids is 1. The fourth-order valence-electron chi connectivity index (χ4n) is 2.45. The number of nitriles is 1. The number of thiazole rings is 1. The van der Waals surface area contributed by atoms with E-state index in [1.165, 1.54) is 18.3 Å². The third kappa shape index (κ3) is 4.62. The molecule has 0 aliphatic rings. The summed E-state index contributed by atoms with van der Waals surface area (Å²) in [5, 5.41) is 14.2. The van der Waals surface area contributed by atoms with Crippen molar-refractivity contribution in [1.82, 2.24) is 4.98 Å². The van der Waals surface area contributed by atoms with E-state index in [4.69, 9.17) is 11.6 Å². The molecule has 0 aliphatic heterocycles. The second-order valence-corrected chi connectivity index (χ2v) is 7.40. The van der Waals surface area contributed by atoms with Crippen molar-refractivity contribution in [3.05, 3.63) is 69.7 Å². The van der Waals surface area contributed by atoms with Crippen LogP contribution in [0.5, 0.6) is 0 Å². The SMILES string of the molecule is CC(=O)Nc1sc(/C(C#N)=C/c2ccc(Cl)cc2)nc1-c1ccc(C)cc1. The molecule has 4 nitrogen and oxygen atoms in total. The molecule has 2 aromatic carbocycles. The molecular formula is C21H16ClN3OS. The van der Waals surface area contributed by atoms with Gasteiger partial charge in [-0.05, 0) is 30.7 Å². The van der Waals surface area contributed by atoms with Crippen LogP contribution in [0.1, 0.15) is 23.1 Å². The van der Waals surface area contributed by atoms with E-state index in [0.717, 1.165) is 16.7 Å². The monoisotopic (exact) mass is 393 g/mol. The smallest absolute Gasteiger partial charge is 0.221 e. The highest BCUT2D eigenvalue weighted by atomic mass is 35.5. The number of carbonyl (C=O) groups is 1. The van der Waals surface area contributed by atoms with Gasteiger partial charge in [-0.2, -0.15) is 5.26 Å². The molecule has 1 heterocycles. The summed E-state index contributed by atoms with van der Waals surface area (Å²) in [6.07, 6.45) is 1.76. The molecule has 1 amide bonds. The van der Waals surface area contributed by atoms with Gasteiger partial charge in [-0.25, -0.2) is 4.98 Å². The third-order valence-corrected chi connectivity index (χ3v) is 5.03. The van der Waals surface area contributed by atoms with Gasteiger partial charge in [0.1, 0.15) is 21.8 Å². The zero-order valence-electron chi connectivity index (χ0n) is 14.8. The van der Waals surface area contributed by atoms with Gasteiger partial charge in [0, 0.05) is 17.5 Å². The molecule has 0 saturated carbocycles. The fourth-order valence-corrected chi connectivity index (χ4v) is 3.58. The van der Waals surface area contributed by atoms with E-state index in [0.29, 0.717) is 26.3 Å². The molecule has 6 heteroatoms. The highest BCUT2D eigenvalue weighted by Gasteiger charge is 2.17. The van der Waals surface area contributed by atoms with Crippen LogP contribution in [0.25, 0.3) is 22.9 Å². The average molecular weight is 394 g/mol. The first-order chi connectivity index (χ1) is 13.0. The third-order valence-electron chi connectivity index (χ3n) is 3.77. The standard InChI is InChI=1S/C21H16ClN3OS/c1-13-3-7-16(8-4-13)19-21(24-14(2)26)27-20(25-19)17(12-23)11-15-5-9-18(22)10-6-15/h3-11H,1-2H3,(H,24,26)/b17-11+. The Labute approximate surface area is 166 Å². The number of hydrogen-bond acceptors (Lipinski definition) is 4. The van der Waals surface area contributed by atoms with Gasteiger partial charge in [0.2, 0.25) is 5.91 Å². The number of nitrogens with zero attached hydrogens (tertiary/aromatic N) is 2. The Bertz CT molecular complexity index is 1040. The van der Waals surface area contributed by atoms with Gasteiger partial charge < -0.3 is 5.32 Å². The number of benzene rings is 2. The number of allylic oxidation sites excluding steroid dienone is 1. The number of anilines is 1.